The van der Waals surface area contributed by atoms with Crippen molar-refractivity contribution in [3.63, 3.8) is 0 Å². The molecule has 0 radical (unpaired) electrons. The molecule has 3 N–H and O–H groups in total. The fourth-order valence-corrected chi connectivity index (χ4v) is 4.59. The molecule has 31 heavy (non-hydrogen) atoms. The van der Waals surface area contributed by atoms with Crippen LogP contribution in [-0.2, 0) is 19.6 Å². The van der Waals surface area contributed by atoms with Gasteiger partial charge >= 0.3 is 5.97 Å². The molecule has 1 heterocycles. The maximum absolute atomic E-state index is 13.0. The van der Waals surface area contributed by atoms with E-state index >= 15 is 0 Å². The van der Waals surface area contributed by atoms with Crippen LogP contribution < -0.4 is 15.4 Å². The smallest absolute Gasteiger partial charge is 0.325 e. The van der Waals surface area contributed by atoms with E-state index in [0.29, 0.717) is 22.0 Å². The van der Waals surface area contributed by atoms with Crippen molar-refractivity contribution in [3.8, 4) is 0 Å². The van der Waals surface area contributed by atoms with Gasteiger partial charge in [-0.05, 0) is 42.5 Å². The summed E-state index contributed by atoms with van der Waals surface area (Å²) in [6.45, 7) is -0.272. The van der Waals surface area contributed by atoms with Crippen LogP contribution in [0.15, 0.2) is 59.5 Å². The van der Waals surface area contributed by atoms with Gasteiger partial charge in [-0.25, -0.2) is 8.42 Å². The number of methoxy groups -OCH3 is 1. The van der Waals surface area contributed by atoms with Gasteiger partial charge in [-0.15, -0.1) is 0 Å². The molecule has 0 aliphatic carbocycles. The van der Waals surface area contributed by atoms with Crippen molar-refractivity contribution in [3.05, 3.63) is 65.7 Å². The van der Waals surface area contributed by atoms with Crippen LogP contribution in [0.2, 0.25) is 0 Å². The zero-order valence-corrected chi connectivity index (χ0v) is 17.1. The van der Waals surface area contributed by atoms with Gasteiger partial charge in [0, 0.05) is 33.3 Å². The van der Waals surface area contributed by atoms with Crippen LogP contribution in [0.1, 0.15) is 20.7 Å². The summed E-state index contributed by atoms with van der Waals surface area (Å²) in [6, 6.07) is 13.7. The van der Waals surface area contributed by atoms with Gasteiger partial charge in [0.1, 0.15) is 6.54 Å². The molecule has 3 aromatic carbocycles. The van der Waals surface area contributed by atoms with E-state index in [9.17, 15) is 22.8 Å². The number of hydrogen-bond donors (Lipinski definition) is 3. The van der Waals surface area contributed by atoms with Crippen molar-refractivity contribution < 1.29 is 27.5 Å². The average molecular weight is 439 g/mol. The molecule has 0 unspecified atom stereocenters. The van der Waals surface area contributed by atoms with Gasteiger partial charge < -0.3 is 15.4 Å². The van der Waals surface area contributed by atoms with Crippen LogP contribution in [0.5, 0.6) is 0 Å². The van der Waals surface area contributed by atoms with E-state index in [1.54, 1.807) is 24.3 Å². The molecule has 0 bridgehead atoms. The van der Waals surface area contributed by atoms with Crippen molar-refractivity contribution in [2.75, 3.05) is 23.7 Å². The Labute approximate surface area is 177 Å². The number of sulfonamides is 1. The highest BCUT2D eigenvalue weighted by molar-refractivity contribution is 7.93. The van der Waals surface area contributed by atoms with E-state index in [-0.39, 0.29) is 28.6 Å². The molecule has 0 fully saturated rings. The Bertz CT molecular complexity index is 1330. The van der Waals surface area contributed by atoms with Gasteiger partial charge in [0.2, 0.25) is 0 Å². The number of anilines is 2. The third-order valence-corrected chi connectivity index (χ3v) is 6.24. The highest BCUT2D eigenvalue weighted by Gasteiger charge is 2.26. The largest absolute Gasteiger partial charge is 0.468 e. The van der Waals surface area contributed by atoms with Crippen LogP contribution in [0.25, 0.3) is 10.8 Å². The van der Waals surface area contributed by atoms with Crippen molar-refractivity contribution in [2.24, 2.45) is 0 Å². The molecule has 158 valence electrons. The van der Waals surface area contributed by atoms with E-state index in [0.717, 1.165) is 0 Å². The summed E-state index contributed by atoms with van der Waals surface area (Å²) in [5, 5.41) is 6.11. The standard InChI is InChI=1S/C21H17N3O6S/c1-30-18(25)11-22-20(26)12-5-7-13(8-6-12)24-31(28,29)17-10-9-16-19-14(17)3-2-4-15(19)21(27)23-16/h2-10,24H,11H2,1H3,(H,22,26)(H,23,27). The fourth-order valence-electron chi connectivity index (χ4n) is 3.32. The van der Waals surface area contributed by atoms with Crippen molar-refractivity contribution >= 4 is 50.0 Å². The van der Waals surface area contributed by atoms with E-state index in [4.69, 9.17) is 0 Å². The predicted octanol–water partition coefficient (Wildman–Crippen LogP) is 2.11. The van der Waals surface area contributed by atoms with E-state index in [1.807, 2.05) is 0 Å². The molecule has 10 heteroatoms. The number of amides is 2. The molecule has 1 aliphatic heterocycles. The van der Waals surface area contributed by atoms with E-state index in [1.165, 1.54) is 37.4 Å². The highest BCUT2D eigenvalue weighted by atomic mass is 32.2. The topological polar surface area (TPSA) is 131 Å². The molecule has 1 aliphatic rings. The average Bonchev–Trinajstić information content (AvgIpc) is 3.09. The minimum absolute atomic E-state index is 0.0319. The Morgan fingerprint density at radius 3 is 2.48 bits per heavy atom. The molecule has 0 spiro atoms. The summed E-state index contributed by atoms with van der Waals surface area (Å²) in [5.41, 5.74) is 1.49. The first-order valence-corrected chi connectivity index (χ1v) is 10.6. The Kier molecular flexibility index (Phi) is 5.07. The van der Waals surface area contributed by atoms with Crippen LogP contribution in [0.3, 0.4) is 0 Å². The summed E-state index contributed by atoms with van der Waals surface area (Å²) in [6.07, 6.45) is 0. The minimum Gasteiger partial charge on any atom is -0.468 e. The SMILES string of the molecule is COC(=O)CNC(=O)c1ccc(NS(=O)(=O)c2ccc3c4c(cccc24)C(=O)N3)cc1. The lowest BCUT2D eigenvalue weighted by molar-refractivity contribution is -0.139. The summed E-state index contributed by atoms with van der Waals surface area (Å²) in [4.78, 5) is 35.2. The molecular weight excluding hydrogens is 422 g/mol. The zero-order valence-electron chi connectivity index (χ0n) is 16.3. The molecule has 0 aromatic heterocycles. The summed E-state index contributed by atoms with van der Waals surface area (Å²) >= 11 is 0. The lowest BCUT2D eigenvalue weighted by atomic mass is 10.1. The van der Waals surface area contributed by atoms with Gasteiger partial charge in [-0.3, -0.25) is 19.1 Å². The molecular formula is C21H17N3O6S. The summed E-state index contributed by atoms with van der Waals surface area (Å²) < 4.78 is 33.0. The lowest BCUT2D eigenvalue weighted by Crippen LogP contribution is -2.30. The van der Waals surface area contributed by atoms with E-state index < -0.39 is 21.9 Å². The van der Waals surface area contributed by atoms with Crippen molar-refractivity contribution in [2.45, 2.75) is 4.90 Å². The first-order chi connectivity index (χ1) is 14.8. The van der Waals surface area contributed by atoms with Crippen molar-refractivity contribution in [1.29, 1.82) is 0 Å². The van der Waals surface area contributed by atoms with Crippen LogP contribution in [-0.4, -0.2) is 39.9 Å². The molecule has 0 saturated heterocycles. The van der Waals surface area contributed by atoms with Crippen LogP contribution in [0.4, 0.5) is 11.4 Å². The fraction of sp³-hybridized carbons (Fsp3) is 0.0952. The summed E-state index contributed by atoms with van der Waals surface area (Å²) in [7, 11) is -2.76. The third-order valence-electron chi connectivity index (χ3n) is 4.80. The predicted molar refractivity (Wildman–Crippen MR) is 114 cm³/mol. The maximum Gasteiger partial charge on any atom is 0.325 e. The quantitative estimate of drug-likeness (QED) is 0.504. The zero-order chi connectivity index (χ0) is 22.2. The molecule has 9 nitrogen and oxygen atoms in total. The number of benzene rings is 3. The van der Waals surface area contributed by atoms with E-state index in [2.05, 4.69) is 20.1 Å². The van der Waals surface area contributed by atoms with Crippen LogP contribution in [0, 0.1) is 0 Å². The first kappa shape index (κ1) is 20.4. The highest BCUT2D eigenvalue weighted by Crippen LogP contribution is 2.36. The number of nitrogens with one attached hydrogen (secondary N) is 3. The monoisotopic (exact) mass is 439 g/mol. The maximum atomic E-state index is 13.0. The normalized spacial score (nSPS) is 12.4. The Morgan fingerprint density at radius 1 is 1.03 bits per heavy atom. The molecule has 2 amide bonds. The number of hydrogen-bond acceptors (Lipinski definition) is 6. The summed E-state index contributed by atoms with van der Waals surface area (Å²) in [5.74, 6) is -1.35. The number of carbonyl (C=O) groups is 3. The lowest BCUT2D eigenvalue weighted by Gasteiger charge is -2.12. The Morgan fingerprint density at radius 2 is 1.77 bits per heavy atom. The van der Waals surface area contributed by atoms with Gasteiger partial charge in [-0.1, -0.05) is 12.1 Å². The van der Waals surface area contributed by atoms with Gasteiger partial charge in [0.25, 0.3) is 21.8 Å². The van der Waals surface area contributed by atoms with Gasteiger partial charge in [-0.2, -0.15) is 0 Å². The second-order valence-electron chi connectivity index (χ2n) is 6.74. The first-order valence-electron chi connectivity index (χ1n) is 9.15. The van der Waals surface area contributed by atoms with Crippen molar-refractivity contribution in [1.82, 2.24) is 5.32 Å². The number of carbonyl (C=O) groups excluding carboxylic acids is 3. The Hall–Kier alpha value is -3.92. The minimum atomic E-state index is -3.97. The van der Waals surface area contributed by atoms with Crippen LogP contribution >= 0.6 is 0 Å². The second-order valence-corrected chi connectivity index (χ2v) is 8.39. The second kappa shape index (κ2) is 7.73. The molecule has 3 aromatic rings. The van der Waals surface area contributed by atoms with Gasteiger partial charge in [0.05, 0.1) is 12.0 Å². The molecule has 4 rings (SSSR count). The number of esters is 1. The third kappa shape index (κ3) is 3.80. The number of rotatable bonds is 6. The molecule has 0 atom stereocenters. The Balaban J connectivity index is 1.58. The van der Waals surface area contributed by atoms with Gasteiger partial charge in [0.15, 0.2) is 0 Å². The number of ether oxygens (including phenoxy) is 1. The molecule has 0 saturated carbocycles.